The number of hydrogen-bond acceptors (Lipinski definition) is 3. The Balaban J connectivity index is 1.30. The average molecular weight is 342 g/mol. The van der Waals surface area contributed by atoms with Crippen molar-refractivity contribution >= 4 is 0 Å². The van der Waals surface area contributed by atoms with Gasteiger partial charge >= 0.3 is 0 Å². The molecule has 4 rings (SSSR count). The summed E-state index contributed by atoms with van der Waals surface area (Å²) in [6.07, 6.45) is 16.2. The molecule has 2 aromatic rings. The first-order chi connectivity index (χ1) is 12.3. The fourth-order valence-corrected chi connectivity index (χ4v) is 4.36. The molecule has 0 amide bonds. The van der Waals surface area contributed by atoms with E-state index >= 15 is 0 Å². The predicted molar refractivity (Wildman–Crippen MR) is 99.6 cm³/mol. The van der Waals surface area contributed by atoms with E-state index < -0.39 is 0 Å². The molecule has 0 N–H and O–H groups in total. The van der Waals surface area contributed by atoms with Crippen molar-refractivity contribution in [3.05, 3.63) is 36.4 Å². The maximum Gasteiger partial charge on any atom is 0.113 e. The second-order valence-electron chi connectivity index (χ2n) is 7.90. The molecular formula is C20H31N5. The molecule has 1 aliphatic heterocycles. The fraction of sp³-hybridized carbons (Fsp3) is 0.700. The van der Waals surface area contributed by atoms with Crippen molar-refractivity contribution in [3.8, 4) is 0 Å². The van der Waals surface area contributed by atoms with Crippen LogP contribution in [0.3, 0.4) is 0 Å². The molecule has 2 aromatic heterocycles. The largest absolute Gasteiger partial charge is 0.335 e. The van der Waals surface area contributed by atoms with Crippen LogP contribution < -0.4 is 0 Å². The number of aromatic nitrogens is 4. The van der Waals surface area contributed by atoms with Crippen molar-refractivity contribution in [2.75, 3.05) is 19.6 Å². The highest BCUT2D eigenvalue weighted by Gasteiger charge is 2.26. The van der Waals surface area contributed by atoms with Crippen LogP contribution in [0.4, 0.5) is 0 Å². The van der Waals surface area contributed by atoms with Crippen LogP contribution in [0.25, 0.3) is 0 Å². The third-order valence-corrected chi connectivity index (χ3v) is 6.09. The van der Waals surface area contributed by atoms with E-state index in [0.29, 0.717) is 5.92 Å². The topological polar surface area (TPSA) is 38.9 Å². The number of nitrogens with zero attached hydrogens (tertiary/aromatic N) is 5. The van der Waals surface area contributed by atoms with E-state index in [-0.39, 0.29) is 0 Å². The Labute approximate surface area is 151 Å². The quantitative estimate of drug-likeness (QED) is 0.774. The summed E-state index contributed by atoms with van der Waals surface area (Å²) in [6, 6.07) is 0. The molecular weight excluding hydrogens is 310 g/mol. The Morgan fingerprint density at radius 3 is 2.60 bits per heavy atom. The lowest BCUT2D eigenvalue weighted by Crippen LogP contribution is -2.36. The molecule has 0 radical (unpaired) electrons. The van der Waals surface area contributed by atoms with Crippen LogP contribution in [0.1, 0.15) is 56.1 Å². The van der Waals surface area contributed by atoms with Gasteiger partial charge in [0.25, 0.3) is 0 Å². The molecule has 3 heterocycles. The van der Waals surface area contributed by atoms with Crippen molar-refractivity contribution in [2.45, 2.75) is 64.5 Å². The Morgan fingerprint density at radius 1 is 1.00 bits per heavy atom. The summed E-state index contributed by atoms with van der Waals surface area (Å²) in [5.74, 6) is 3.96. The fourth-order valence-electron chi connectivity index (χ4n) is 4.36. The van der Waals surface area contributed by atoms with Gasteiger partial charge < -0.3 is 14.0 Å². The normalized spacial score (nSPS) is 22.2. The SMILES string of the molecule is Cc1nccn1CCCN1CCC[C@H](c2nccn2CC2CCC2)C1. The minimum atomic E-state index is 0.610. The smallest absolute Gasteiger partial charge is 0.113 e. The van der Waals surface area contributed by atoms with E-state index in [2.05, 4.69) is 38.3 Å². The maximum absolute atomic E-state index is 4.74. The van der Waals surface area contributed by atoms with Crippen LogP contribution in [0.2, 0.25) is 0 Å². The number of likely N-dealkylation sites (tertiary alicyclic amines) is 1. The van der Waals surface area contributed by atoms with Gasteiger partial charge in [0.15, 0.2) is 0 Å². The zero-order valence-corrected chi connectivity index (χ0v) is 15.5. The molecule has 0 spiro atoms. The molecule has 1 atom stereocenters. The molecule has 2 aliphatic rings. The second kappa shape index (κ2) is 7.73. The highest BCUT2D eigenvalue weighted by molar-refractivity contribution is 5.04. The first-order valence-electron chi connectivity index (χ1n) is 10.0. The lowest BCUT2D eigenvalue weighted by molar-refractivity contribution is 0.194. The summed E-state index contributed by atoms with van der Waals surface area (Å²) in [5.41, 5.74) is 0. The average Bonchev–Trinajstić information content (AvgIpc) is 3.21. The lowest BCUT2D eigenvalue weighted by Gasteiger charge is -2.33. The zero-order valence-electron chi connectivity index (χ0n) is 15.5. The standard InChI is InChI=1S/C20H31N5/c1-17-21-8-13-24(17)12-4-11-23-10-3-7-19(16-23)20-22-9-14-25(20)15-18-5-2-6-18/h8-9,13-14,18-19H,2-7,10-12,15-16H2,1H3/t19-/m0/s1. The van der Waals surface area contributed by atoms with Crippen LogP contribution in [0.5, 0.6) is 0 Å². The zero-order chi connectivity index (χ0) is 17.1. The van der Waals surface area contributed by atoms with E-state index in [1.165, 1.54) is 70.5 Å². The summed E-state index contributed by atoms with van der Waals surface area (Å²) in [5, 5.41) is 0. The number of piperidine rings is 1. The van der Waals surface area contributed by atoms with E-state index in [4.69, 9.17) is 4.98 Å². The molecule has 0 unspecified atom stereocenters. The van der Waals surface area contributed by atoms with Gasteiger partial charge in [-0.05, 0) is 58.0 Å². The summed E-state index contributed by atoms with van der Waals surface area (Å²) in [7, 11) is 0. The van der Waals surface area contributed by atoms with Gasteiger partial charge in [-0.15, -0.1) is 0 Å². The molecule has 25 heavy (non-hydrogen) atoms. The van der Waals surface area contributed by atoms with Gasteiger partial charge in [0.2, 0.25) is 0 Å². The molecule has 5 heteroatoms. The number of aryl methyl sites for hydroxylation is 2. The minimum Gasteiger partial charge on any atom is -0.335 e. The van der Waals surface area contributed by atoms with Gasteiger partial charge in [0.05, 0.1) is 0 Å². The van der Waals surface area contributed by atoms with Crippen molar-refractivity contribution in [1.29, 1.82) is 0 Å². The maximum atomic E-state index is 4.74. The van der Waals surface area contributed by atoms with Crippen molar-refractivity contribution in [1.82, 2.24) is 24.0 Å². The Morgan fingerprint density at radius 2 is 1.84 bits per heavy atom. The van der Waals surface area contributed by atoms with E-state index in [9.17, 15) is 0 Å². The van der Waals surface area contributed by atoms with Crippen molar-refractivity contribution < 1.29 is 0 Å². The Hall–Kier alpha value is -1.62. The molecule has 1 aliphatic carbocycles. The van der Waals surface area contributed by atoms with Crippen LogP contribution in [0.15, 0.2) is 24.8 Å². The van der Waals surface area contributed by atoms with Gasteiger partial charge in [0, 0.05) is 50.3 Å². The highest BCUT2D eigenvalue weighted by atomic mass is 15.2. The van der Waals surface area contributed by atoms with Crippen molar-refractivity contribution in [3.63, 3.8) is 0 Å². The third kappa shape index (κ3) is 3.97. The first-order valence-corrected chi connectivity index (χ1v) is 10.0. The van der Waals surface area contributed by atoms with Gasteiger partial charge in [-0.2, -0.15) is 0 Å². The summed E-state index contributed by atoms with van der Waals surface area (Å²) >= 11 is 0. The van der Waals surface area contributed by atoms with Gasteiger partial charge in [-0.3, -0.25) is 0 Å². The predicted octanol–water partition coefficient (Wildman–Crippen LogP) is 3.46. The third-order valence-electron chi connectivity index (χ3n) is 6.09. The Kier molecular flexibility index (Phi) is 5.20. The molecule has 0 bridgehead atoms. The number of hydrogen-bond donors (Lipinski definition) is 0. The summed E-state index contributed by atoms with van der Waals surface area (Å²) in [4.78, 5) is 11.7. The number of imidazole rings is 2. The molecule has 5 nitrogen and oxygen atoms in total. The van der Waals surface area contributed by atoms with E-state index in [1.807, 2.05) is 12.4 Å². The molecule has 2 fully saturated rings. The van der Waals surface area contributed by atoms with Gasteiger partial charge in [0.1, 0.15) is 11.6 Å². The van der Waals surface area contributed by atoms with Crippen LogP contribution in [0, 0.1) is 12.8 Å². The molecule has 136 valence electrons. The lowest BCUT2D eigenvalue weighted by atomic mass is 9.85. The van der Waals surface area contributed by atoms with Crippen molar-refractivity contribution in [2.24, 2.45) is 5.92 Å². The molecule has 1 saturated carbocycles. The summed E-state index contributed by atoms with van der Waals surface area (Å²) in [6.45, 7) is 7.93. The van der Waals surface area contributed by atoms with Crippen LogP contribution in [-0.2, 0) is 13.1 Å². The molecule has 1 saturated heterocycles. The first kappa shape index (κ1) is 16.8. The van der Waals surface area contributed by atoms with E-state index in [1.54, 1.807) is 0 Å². The van der Waals surface area contributed by atoms with E-state index in [0.717, 1.165) is 18.3 Å². The minimum absolute atomic E-state index is 0.610. The van der Waals surface area contributed by atoms with Gasteiger partial charge in [-0.25, -0.2) is 9.97 Å². The van der Waals surface area contributed by atoms with Gasteiger partial charge in [-0.1, -0.05) is 6.42 Å². The molecule has 0 aromatic carbocycles. The monoisotopic (exact) mass is 341 g/mol. The highest BCUT2D eigenvalue weighted by Crippen LogP contribution is 2.31. The Bertz CT molecular complexity index is 669. The van der Waals surface area contributed by atoms with Crippen LogP contribution in [-0.4, -0.2) is 43.6 Å². The number of rotatable bonds is 7. The summed E-state index contributed by atoms with van der Waals surface area (Å²) < 4.78 is 4.71. The second-order valence-corrected chi connectivity index (χ2v) is 7.90. The van der Waals surface area contributed by atoms with Crippen LogP contribution >= 0.6 is 0 Å².